The van der Waals surface area contributed by atoms with Crippen molar-refractivity contribution in [3.8, 4) is 0 Å². The highest BCUT2D eigenvalue weighted by Crippen LogP contribution is 2.30. The average molecular weight is 244 g/mol. The lowest BCUT2D eigenvalue weighted by atomic mass is 10.0. The number of fused-ring (bicyclic) bond motifs is 1. The van der Waals surface area contributed by atoms with E-state index < -0.39 is 0 Å². The van der Waals surface area contributed by atoms with Gasteiger partial charge in [0.15, 0.2) is 0 Å². The van der Waals surface area contributed by atoms with Gasteiger partial charge in [-0.2, -0.15) is 0 Å². The SMILES string of the molecule is Cc1ccc(C)c2c1c(C)c(CNC(C)C)n2C. The van der Waals surface area contributed by atoms with Crippen LogP contribution in [0.2, 0.25) is 0 Å². The first kappa shape index (κ1) is 13.2. The molecular formula is C16H24N2. The summed E-state index contributed by atoms with van der Waals surface area (Å²) in [6.45, 7) is 12.0. The molecule has 1 aromatic heterocycles. The topological polar surface area (TPSA) is 17.0 Å². The van der Waals surface area contributed by atoms with Crippen LogP contribution in [0.1, 0.15) is 36.2 Å². The number of nitrogens with one attached hydrogen (secondary N) is 1. The maximum absolute atomic E-state index is 3.52. The van der Waals surface area contributed by atoms with Gasteiger partial charge in [0.1, 0.15) is 0 Å². The van der Waals surface area contributed by atoms with Gasteiger partial charge in [-0.25, -0.2) is 0 Å². The quantitative estimate of drug-likeness (QED) is 0.873. The van der Waals surface area contributed by atoms with Crippen LogP contribution in [-0.4, -0.2) is 10.6 Å². The molecule has 2 heteroatoms. The van der Waals surface area contributed by atoms with E-state index in [1.165, 1.54) is 33.3 Å². The molecule has 0 spiro atoms. The Labute approximate surface area is 110 Å². The Morgan fingerprint density at radius 1 is 1.11 bits per heavy atom. The van der Waals surface area contributed by atoms with Crippen molar-refractivity contribution in [2.45, 2.75) is 47.2 Å². The van der Waals surface area contributed by atoms with Gasteiger partial charge >= 0.3 is 0 Å². The first-order chi connectivity index (χ1) is 8.43. The highest BCUT2D eigenvalue weighted by atomic mass is 15.0. The largest absolute Gasteiger partial charge is 0.346 e. The van der Waals surface area contributed by atoms with E-state index in [-0.39, 0.29) is 0 Å². The number of aromatic nitrogens is 1. The highest BCUT2D eigenvalue weighted by Gasteiger charge is 2.14. The molecule has 0 atom stereocenters. The molecule has 2 nitrogen and oxygen atoms in total. The van der Waals surface area contributed by atoms with E-state index in [2.05, 4.69) is 63.7 Å². The summed E-state index contributed by atoms with van der Waals surface area (Å²) in [4.78, 5) is 0. The first-order valence-corrected chi connectivity index (χ1v) is 6.71. The van der Waals surface area contributed by atoms with Crippen LogP contribution in [0.4, 0.5) is 0 Å². The van der Waals surface area contributed by atoms with Crippen molar-refractivity contribution in [3.05, 3.63) is 34.5 Å². The third kappa shape index (κ3) is 2.05. The fourth-order valence-electron chi connectivity index (χ4n) is 2.78. The van der Waals surface area contributed by atoms with E-state index in [9.17, 15) is 0 Å². The Hall–Kier alpha value is -1.28. The maximum Gasteiger partial charge on any atom is 0.0515 e. The number of hydrogen-bond donors (Lipinski definition) is 1. The minimum atomic E-state index is 0.518. The van der Waals surface area contributed by atoms with Crippen LogP contribution in [0.15, 0.2) is 12.1 Å². The summed E-state index contributed by atoms with van der Waals surface area (Å²) in [6, 6.07) is 4.96. The van der Waals surface area contributed by atoms with Crippen LogP contribution in [-0.2, 0) is 13.6 Å². The van der Waals surface area contributed by atoms with Crippen molar-refractivity contribution < 1.29 is 0 Å². The zero-order valence-corrected chi connectivity index (χ0v) is 12.4. The summed E-state index contributed by atoms with van der Waals surface area (Å²) in [5.74, 6) is 0. The third-order valence-electron chi connectivity index (χ3n) is 3.81. The van der Waals surface area contributed by atoms with Crippen molar-refractivity contribution in [2.75, 3.05) is 0 Å². The van der Waals surface area contributed by atoms with Crippen molar-refractivity contribution in [1.82, 2.24) is 9.88 Å². The van der Waals surface area contributed by atoms with Gasteiger partial charge in [-0.05, 0) is 37.5 Å². The molecule has 2 rings (SSSR count). The van der Waals surface area contributed by atoms with Gasteiger partial charge < -0.3 is 9.88 Å². The highest BCUT2D eigenvalue weighted by molar-refractivity contribution is 5.90. The molecule has 98 valence electrons. The van der Waals surface area contributed by atoms with Gasteiger partial charge in [-0.3, -0.25) is 0 Å². The molecular weight excluding hydrogens is 220 g/mol. The van der Waals surface area contributed by atoms with Crippen LogP contribution in [0.3, 0.4) is 0 Å². The predicted octanol–water partition coefficient (Wildman–Crippen LogP) is 3.60. The molecule has 0 radical (unpaired) electrons. The Kier molecular flexibility index (Phi) is 3.49. The Balaban J connectivity index is 2.62. The van der Waals surface area contributed by atoms with Crippen LogP contribution in [0, 0.1) is 20.8 Å². The van der Waals surface area contributed by atoms with Crippen LogP contribution in [0.25, 0.3) is 10.9 Å². The van der Waals surface area contributed by atoms with Gasteiger partial charge in [-0.1, -0.05) is 26.0 Å². The molecule has 1 N–H and O–H groups in total. The molecule has 0 aliphatic heterocycles. The fraction of sp³-hybridized carbons (Fsp3) is 0.500. The number of hydrogen-bond acceptors (Lipinski definition) is 1. The summed E-state index contributed by atoms with van der Waals surface area (Å²) in [7, 11) is 2.18. The molecule has 0 unspecified atom stereocenters. The molecule has 0 bridgehead atoms. The number of benzene rings is 1. The Morgan fingerprint density at radius 3 is 2.28 bits per heavy atom. The lowest BCUT2D eigenvalue weighted by molar-refractivity contribution is 0.571. The molecule has 1 aromatic carbocycles. The van der Waals surface area contributed by atoms with Gasteiger partial charge in [0.25, 0.3) is 0 Å². The molecule has 18 heavy (non-hydrogen) atoms. The van der Waals surface area contributed by atoms with Gasteiger partial charge in [0.05, 0.1) is 5.52 Å². The minimum Gasteiger partial charge on any atom is -0.346 e. The van der Waals surface area contributed by atoms with Gasteiger partial charge in [-0.15, -0.1) is 0 Å². The van der Waals surface area contributed by atoms with E-state index in [1.54, 1.807) is 0 Å². The van der Waals surface area contributed by atoms with E-state index in [0.29, 0.717) is 6.04 Å². The summed E-state index contributed by atoms with van der Waals surface area (Å²) in [6.07, 6.45) is 0. The average Bonchev–Trinajstić information content (AvgIpc) is 2.55. The van der Waals surface area contributed by atoms with Gasteiger partial charge in [0.2, 0.25) is 0 Å². The number of aryl methyl sites for hydroxylation is 4. The molecule has 0 amide bonds. The standard InChI is InChI=1S/C16H24N2/c1-10(2)17-9-14-13(5)15-11(3)7-8-12(4)16(15)18(14)6/h7-8,10,17H,9H2,1-6H3. The second-order valence-corrected chi connectivity index (χ2v) is 5.59. The number of nitrogens with zero attached hydrogens (tertiary/aromatic N) is 1. The fourth-order valence-corrected chi connectivity index (χ4v) is 2.78. The molecule has 0 aliphatic rings. The molecule has 1 heterocycles. The first-order valence-electron chi connectivity index (χ1n) is 6.71. The summed E-state index contributed by atoms with van der Waals surface area (Å²) in [5, 5.41) is 4.95. The van der Waals surface area contributed by atoms with Crippen molar-refractivity contribution in [2.24, 2.45) is 7.05 Å². The zero-order chi connectivity index (χ0) is 13.4. The summed E-state index contributed by atoms with van der Waals surface area (Å²) >= 11 is 0. The van der Waals surface area contributed by atoms with Gasteiger partial charge in [0, 0.05) is 30.7 Å². The number of rotatable bonds is 3. The smallest absolute Gasteiger partial charge is 0.0515 e. The van der Waals surface area contributed by atoms with E-state index in [0.717, 1.165) is 6.54 Å². The third-order valence-corrected chi connectivity index (χ3v) is 3.81. The van der Waals surface area contributed by atoms with E-state index >= 15 is 0 Å². The van der Waals surface area contributed by atoms with E-state index in [4.69, 9.17) is 0 Å². The maximum atomic E-state index is 3.52. The van der Waals surface area contributed by atoms with E-state index in [1.807, 2.05) is 0 Å². The second kappa shape index (κ2) is 4.77. The lowest BCUT2D eigenvalue weighted by Crippen LogP contribution is -2.23. The lowest BCUT2D eigenvalue weighted by Gasteiger charge is -2.10. The molecule has 0 saturated carbocycles. The van der Waals surface area contributed by atoms with Crippen LogP contribution in [0.5, 0.6) is 0 Å². The van der Waals surface area contributed by atoms with Crippen molar-refractivity contribution in [3.63, 3.8) is 0 Å². The minimum absolute atomic E-state index is 0.518. The monoisotopic (exact) mass is 244 g/mol. The predicted molar refractivity (Wildman–Crippen MR) is 79.1 cm³/mol. The van der Waals surface area contributed by atoms with Crippen molar-refractivity contribution in [1.29, 1.82) is 0 Å². The molecule has 2 aromatic rings. The second-order valence-electron chi connectivity index (χ2n) is 5.59. The normalized spacial score (nSPS) is 11.7. The molecule has 0 saturated heterocycles. The Bertz CT molecular complexity index is 532. The summed E-state index contributed by atoms with van der Waals surface area (Å²) in [5.41, 5.74) is 6.93. The van der Waals surface area contributed by atoms with Crippen LogP contribution < -0.4 is 5.32 Å². The van der Waals surface area contributed by atoms with Crippen LogP contribution >= 0.6 is 0 Å². The van der Waals surface area contributed by atoms with Crippen molar-refractivity contribution >= 4 is 10.9 Å². The molecule has 0 fully saturated rings. The Morgan fingerprint density at radius 2 is 1.72 bits per heavy atom. The zero-order valence-electron chi connectivity index (χ0n) is 12.4. The molecule has 0 aliphatic carbocycles. The summed E-state index contributed by atoms with van der Waals surface area (Å²) < 4.78 is 2.35.